The molecule has 0 aromatic carbocycles. The third-order valence-corrected chi connectivity index (χ3v) is 3.68. The first kappa shape index (κ1) is 10.6. The van der Waals surface area contributed by atoms with Crippen molar-refractivity contribution in [3.05, 3.63) is 40.5 Å². The fraction of sp³-hybridized carbons (Fsp3) is 0.0833. The number of aryl methyl sites for hydroxylation is 1. The van der Waals surface area contributed by atoms with Crippen LogP contribution in [0.15, 0.2) is 29.6 Å². The van der Waals surface area contributed by atoms with Crippen molar-refractivity contribution in [3.63, 3.8) is 0 Å². The lowest BCUT2D eigenvalue weighted by Crippen LogP contribution is -1.93. The zero-order chi connectivity index (χ0) is 11.8. The van der Waals surface area contributed by atoms with E-state index in [1.165, 1.54) is 0 Å². The molecule has 0 aliphatic heterocycles. The van der Waals surface area contributed by atoms with E-state index in [0.29, 0.717) is 11.0 Å². The average molecular weight is 262 g/mol. The SMILES string of the molecule is Cc1cccc(-c2nc(Cl)c3sccc3n2)n1. The van der Waals surface area contributed by atoms with Crippen molar-refractivity contribution < 1.29 is 0 Å². The molecular weight excluding hydrogens is 254 g/mol. The van der Waals surface area contributed by atoms with E-state index in [9.17, 15) is 0 Å². The quantitative estimate of drug-likeness (QED) is 0.627. The van der Waals surface area contributed by atoms with E-state index in [1.807, 2.05) is 36.6 Å². The zero-order valence-corrected chi connectivity index (χ0v) is 10.6. The Morgan fingerprint density at radius 1 is 1.12 bits per heavy atom. The molecular formula is C12H8ClN3S. The van der Waals surface area contributed by atoms with Crippen LogP contribution in [0, 0.1) is 6.92 Å². The molecule has 0 saturated heterocycles. The van der Waals surface area contributed by atoms with Gasteiger partial charge in [0.1, 0.15) is 5.69 Å². The van der Waals surface area contributed by atoms with Crippen molar-refractivity contribution in [3.8, 4) is 11.5 Å². The molecule has 84 valence electrons. The van der Waals surface area contributed by atoms with Crippen LogP contribution in [0.4, 0.5) is 0 Å². The highest BCUT2D eigenvalue weighted by atomic mass is 35.5. The minimum absolute atomic E-state index is 0.489. The van der Waals surface area contributed by atoms with Gasteiger partial charge in [-0.1, -0.05) is 17.7 Å². The molecule has 0 N–H and O–H groups in total. The molecule has 0 aliphatic rings. The summed E-state index contributed by atoms with van der Waals surface area (Å²) in [5, 5.41) is 2.45. The van der Waals surface area contributed by atoms with Crippen LogP contribution in [0.25, 0.3) is 21.7 Å². The summed E-state index contributed by atoms with van der Waals surface area (Å²) in [6, 6.07) is 7.70. The normalized spacial score (nSPS) is 10.9. The Bertz CT molecular complexity index is 693. The largest absolute Gasteiger partial charge is 0.250 e. The second-order valence-electron chi connectivity index (χ2n) is 3.64. The number of fused-ring (bicyclic) bond motifs is 1. The number of pyridine rings is 1. The van der Waals surface area contributed by atoms with E-state index in [1.54, 1.807) is 11.3 Å². The van der Waals surface area contributed by atoms with Gasteiger partial charge >= 0.3 is 0 Å². The highest BCUT2D eigenvalue weighted by Gasteiger charge is 2.09. The van der Waals surface area contributed by atoms with Gasteiger partial charge in [-0.2, -0.15) is 0 Å². The molecule has 0 aliphatic carbocycles. The molecule has 0 bridgehead atoms. The maximum Gasteiger partial charge on any atom is 0.180 e. The van der Waals surface area contributed by atoms with Crippen LogP contribution in [0.3, 0.4) is 0 Å². The molecule has 0 saturated carbocycles. The summed E-state index contributed by atoms with van der Waals surface area (Å²) in [4.78, 5) is 13.1. The lowest BCUT2D eigenvalue weighted by Gasteiger charge is -2.01. The molecule has 3 aromatic rings. The molecule has 5 heteroatoms. The first-order chi connectivity index (χ1) is 8.24. The van der Waals surface area contributed by atoms with Gasteiger partial charge in [-0.05, 0) is 30.5 Å². The number of thiophene rings is 1. The number of hydrogen-bond donors (Lipinski definition) is 0. The van der Waals surface area contributed by atoms with Crippen LogP contribution >= 0.6 is 22.9 Å². The summed E-state index contributed by atoms with van der Waals surface area (Å²) in [7, 11) is 0. The van der Waals surface area contributed by atoms with E-state index in [0.717, 1.165) is 21.6 Å². The van der Waals surface area contributed by atoms with Crippen molar-refractivity contribution in [2.24, 2.45) is 0 Å². The number of nitrogens with zero attached hydrogens (tertiary/aromatic N) is 3. The van der Waals surface area contributed by atoms with Crippen LogP contribution in [0.5, 0.6) is 0 Å². The molecule has 3 aromatic heterocycles. The Balaban J connectivity index is 2.23. The number of halogens is 1. The standard InChI is InChI=1S/C12H8ClN3S/c1-7-3-2-4-9(14-7)12-15-8-5-6-17-10(8)11(13)16-12/h2-6H,1H3. The van der Waals surface area contributed by atoms with Crippen LogP contribution < -0.4 is 0 Å². The molecule has 3 nitrogen and oxygen atoms in total. The molecule has 0 unspecified atom stereocenters. The number of hydrogen-bond acceptors (Lipinski definition) is 4. The molecule has 3 rings (SSSR count). The first-order valence-electron chi connectivity index (χ1n) is 5.09. The van der Waals surface area contributed by atoms with Gasteiger partial charge in [0, 0.05) is 5.69 Å². The van der Waals surface area contributed by atoms with E-state index < -0.39 is 0 Å². The van der Waals surface area contributed by atoms with E-state index >= 15 is 0 Å². The Morgan fingerprint density at radius 3 is 2.82 bits per heavy atom. The minimum atomic E-state index is 0.489. The van der Waals surface area contributed by atoms with Gasteiger partial charge in [0.2, 0.25) is 0 Å². The maximum atomic E-state index is 6.12. The molecule has 0 fully saturated rings. The monoisotopic (exact) mass is 261 g/mol. The topological polar surface area (TPSA) is 38.7 Å². The maximum absolute atomic E-state index is 6.12. The average Bonchev–Trinajstić information content (AvgIpc) is 2.77. The van der Waals surface area contributed by atoms with Gasteiger partial charge in [-0.3, -0.25) is 0 Å². The fourth-order valence-corrected chi connectivity index (χ4v) is 2.63. The van der Waals surface area contributed by atoms with E-state index in [2.05, 4.69) is 15.0 Å². The van der Waals surface area contributed by atoms with Crippen molar-refractivity contribution in [1.29, 1.82) is 0 Å². The summed E-state index contributed by atoms with van der Waals surface area (Å²) in [6.45, 7) is 1.94. The number of rotatable bonds is 1. The summed E-state index contributed by atoms with van der Waals surface area (Å²) in [5.41, 5.74) is 2.56. The van der Waals surface area contributed by atoms with E-state index in [-0.39, 0.29) is 0 Å². The highest BCUT2D eigenvalue weighted by molar-refractivity contribution is 7.17. The highest BCUT2D eigenvalue weighted by Crippen LogP contribution is 2.28. The molecule has 0 spiro atoms. The van der Waals surface area contributed by atoms with Crippen molar-refractivity contribution in [1.82, 2.24) is 15.0 Å². The molecule has 17 heavy (non-hydrogen) atoms. The van der Waals surface area contributed by atoms with Crippen LogP contribution in [-0.2, 0) is 0 Å². The summed E-state index contributed by atoms with van der Waals surface area (Å²) >= 11 is 7.67. The van der Waals surface area contributed by atoms with Crippen LogP contribution in [0.1, 0.15) is 5.69 Å². The van der Waals surface area contributed by atoms with Crippen LogP contribution in [0.2, 0.25) is 5.15 Å². The third-order valence-electron chi connectivity index (χ3n) is 2.38. The second kappa shape index (κ2) is 4.05. The first-order valence-corrected chi connectivity index (χ1v) is 6.34. The van der Waals surface area contributed by atoms with Gasteiger partial charge in [-0.15, -0.1) is 11.3 Å². The summed E-state index contributed by atoms with van der Waals surface area (Å²) in [5.74, 6) is 0.574. The molecule has 0 radical (unpaired) electrons. The predicted octanol–water partition coefficient (Wildman–Crippen LogP) is 3.72. The molecule has 0 atom stereocenters. The van der Waals surface area contributed by atoms with E-state index in [4.69, 9.17) is 11.6 Å². The van der Waals surface area contributed by atoms with Gasteiger partial charge in [0.15, 0.2) is 11.0 Å². The Morgan fingerprint density at radius 2 is 2.00 bits per heavy atom. The number of aromatic nitrogens is 3. The van der Waals surface area contributed by atoms with Crippen molar-refractivity contribution in [2.75, 3.05) is 0 Å². The lowest BCUT2D eigenvalue weighted by atomic mass is 10.3. The van der Waals surface area contributed by atoms with Gasteiger partial charge in [0.05, 0.1) is 10.2 Å². The Hall–Kier alpha value is -1.52. The van der Waals surface area contributed by atoms with Gasteiger partial charge in [-0.25, -0.2) is 15.0 Å². The summed E-state index contributed by atoms with van der Waals surface area (Å²) in [6.07, 6.45) is 0. The smallest absolute Gasteiger partial charge is 0.180 e. The minimum Gasteiger partial charge on any atom is -0.250 e. The Labute approximate surface area is 107 Å². The van der Waals surface area contributed by atoms with Crippen molar-refractivity contribution in [2.45, 2.75) is 6.92 Å². The summed E-state index contributed by atoms with van der Waals surface area (Å²) < 4.78 is 0.920. The molecule has 0 amide bonds. The molecule has 3 heterocycles. The zero-order valence-electron chi connectivity index (χ0n) is 9.01. The van der Waals surface area contributed by atoms with Gasteiger partial charge in [0.25, 0.3) is 0 Å². The lowest BCUT2D eigenvalue weighted by molar-refractivity contribution is 1.14. The van der Waals surface area contributed by atoms with Crippen LogP contribution in [-0.4, -0.2) is 15.0 Å². The third kappa shape index (κ3) is 1.90. The Kier molecular flexibility index (Phi) is 2.53. The van der Waals surface area contributed by atoms with Gasteiger partial charge < -0.3 is 0 Å². The predicted molar refractivity (Wildman–Crippen MR) is 70.4 cm³/mol. The van der Waals surface area contributed by atoms with Crippen molar-refractivity contribution >= 4 is 33.2 Å². The second-order valence-corrected chi connectivity index (χ2v) is 4.91. The fourth-order valence-electron chi connectivity index (χ4n) is 1.61.